The fraction of sp³-hybridized carbons (Fsp3) is 0.0625. The second-order valence-electron chi connectivity index (χ2n) is 4.59. The van der Waals surface area contributed by atoms with Crippen LogP contribution in [0.4, 0.5) is 5.69 Å². The van der Waals surface area contributed by atoms with E-state index in [0.29, 0.717) is 11.4 Å². The van der Waals surface area contributed by atoms with Gasteiger partial charge in [0.25, 0.3) is 0 Å². The Morgan fingerprint density at radius 1 is 1.10 bits per heavy atom. The van der Waals surface area contributed by atoms with Crippen molar-refractivity contribution in [3.8, 4) is 0 Å². The van der Waals surface area contributed by atoms with E-state index in [1.54, 1.807) is 24.3 Å². The Morgan fingerprint density at radius 3 is 2.65 bits per heavy atom. The zero-order valence-corrected chi connectivity index (χ0v) is 11.4. The highest BCUT2D eigenvalue weighted by molar-refractivity contribution is 6.30. The maximum atomic E-state index is 12.1. The molecule has 2 aromatic carbocycles. The van der Waals surface area contributed by atoms with Gasteiger partial charge in [0.05, 0.1) is 6.42 Å². The summed E-state index contributed by atoms with van der Waals surface area (Å²) in [6.07, 6.45) is 2.22. The highest BCUT2D eigenvalue weighted by atomic mass is 35.5. The van der Waals surface area contributed by atoms with Crippen LogP contribution in [0.5, 0.6) is 0 Å². The average molecular weight is 285 g/mol. The van der Waals surface area contributed by atoms with Crippen molar-refractivity contribution in [2.24, 2.45) is 0 Å². The number of aromatic amines is 1. The van der Waals surface area contributed by atoms with Gasteiger partial charge >= 0.3 is 0 Å². The molecule has 20 heavy (non-hydrogen) atoms. The lowest BCUT2D eigenvalue weighted by Gasteiger charge is -2.04. The van der Waals surface area contributed by atoms with E-state index in [9.17, 15) is 4.79 Å². The smallest absolute Gasteiger partial charge is 0.228 e. The monoisotopic (exact) mass is 284 g/mol. The highest BCUT2D eigenvalue weighted by Crippen LogP contribution is 2.19. The SMILES string of the molecule is O=C(Cc1c[nH]c2ccccc12)Nc1ccc(Cl)cc1. The largest absolute Gasteiger partial charge is 0.361 e. The van der Waals surface area contributed by atoms with Crippen molar-refractivity contribution in [2.75, 3.05) is 5.32 Å². The number of hydrogen-bond acceptors (Lipinski definition) is 1. The van der Waals surface area contributed by atoms with Gasteiger partial charge in [-0.1, -0.05) is 29.8 Å². The first kappa shape index (κ1) is 12.8. The van der Waals surface area contributed by atoms with Crippen LogP contribution in [0.15, 0.2) is 54.7 Å². The van der Waals surface area contributed by atoms with Crippen molar-refractivity contribution in [2.45, 2.75) is 6.42 Å². The van der Waals surface area contributed by atoms with Gasteiger partial charge in [0, 0.05) is 27.8 Å². The number of carbonyl (C=O) groups is 1. The maximum Gasteiger partial charge on any atom is 0.228 e. The molecule has 1 aromatic heterocycles. The summed E-state index contributed by atoms with van der Waals surface area (Å²) in [4.78, 5) is 15.2. The minimum absolute atomic E-state index is 0.0444. The van der Waals surface area contributed by atoms with Crippen molar-refractivity contribution in [1.82, 2.24) is 4.98 Å². The molecule has 2 N–H and O–H groups in total. The number of anilines is 1. The summed E-state index contributed by atoms with van der Waals surface area (Å²) in [7, 11) is 0. The molecule has 0 fully saturated rings. The predicted octanol–water partition coefficient (Wildman–Crippen LogP) is 4.00. The van der Waals surface area contributed by atoms with Gasteiger partial charge in [0.1, 0.15) is 0 Å². The number of hydrogen-bond donors (Lipinski definition) is 2. The third kappa shape index (κ3) is 2.68. The normalized spacial score (nSPS) is 10.7. The number of carbonyl (C=O) groups excluding carboxylic acids is 1. The third-order valence-electron chi connectivity index (χ3n) is 3.15. The van der Waals surface area contributed by atoms with E-state index in [-0.39, 0.29) is 5.91 Å². The van der Waals surface area contributed by atoms with Crippen molar-refractivity contribution >= 4 is 34.1 Å². The highest BCUT2D eigenvalue weighted by Gasteiger charge is 2.08. The van der Waals surface area contributed by atoms with Crippen LogP contribution in [-0.4, -0.2) is 10.9 Å². The Balaban J connectivity index is 1.74. The molecule has 3 nitrogen and oxygen atoms in total. The number of H-pyrrole nitrogens is 1. The minimum atomic E-state index is -0.0444. The van der Waals surface area contributed by atoms with Gasteiger partial charge < -0.3 is 10.3 Å². The number of rotatable bonds is 3. The molecule has 4 heteroatoms. The molecular formula is C16H13ClN2O. The Hall–Kier alpha value is -2.26. The molecule has 0 spiro atoms. The Morgan fingerprint density at radius 2 is 1.85 bits per heavy atom. The number of para-hydroxylation sites is 1. The van der Waals surface area contributed by atoms with Crippen molar-refractivity contribution in [1.29, 1.82) is 0 Å². The van der Waals surface area contributed by atoms with Gasteiger partial charge in [-0.15, -0.1) is 0 Å². The molecule has 0 saturated carbocycles. The van der Waals surface area contributed by atoms with Crippen molar-refractivity contribution in [3.63, 3.8) is 0 Å². The van der Waals surface area contributed by atoms with Crippen LogP contribution in [0.1, 0.15) is 5.56 Å². The molecule has 0 aliphatic rings. The Bertz CT molecular complexity index is 747. The summed E-state index contributed by atoms with van der Waals surface area (Å²) in [5, 5.41) is 4.60. The number of aromatic nitrogens is 1. The lowest BCUT2D eigenvalue weighted by Crippen LogP contribution is -2.14. The van der Waals surface area contributed by atoms with Gasteiger partial charge in [0.15, 0.2) is 0 Å². The Kier molecular flexibility index (Phi) is 3.44. The van der Waals surface area contributed by atoms with Crippen LogP contribution in [0.3, 0.4) is 0 Å². The van der Waals surface area contributed by atoms with Crippen LogP contribution < -0.4 is 5.32 Å². The zero-order chi connectivity index (χ0) is 13.9. The topological polar surface area (TPSA) is 44.9 Å². The molecule has 0 aliphatic heterocycles. The van der Waals surface area contributed by atoms with E-state index < -0.39 is 0 Å². The summed E-state index contributed by atoms with van der Waals surface area (Å²) >= 11 is 5.81. The standard InChI is InChI=1S/C16H13ClN2O/c17-12-5-7-13(8-6-12)19-16(20)9-11-10-18-15-4-2-1-3-14(11)15/h1-8,10,18H,9H2,(H,19,20). The fourth-order valence-electron chi connectivity index (χ4n) is 2.19. The first-order valence-electron chi connectivity index (χ1n) is 6.33. The zero-order valence-electron chi connectivity index (χ0n) is 10.7. The quantitative estimate of drug-likeness (QED) is 0.750. The molecule has 1 amide bonds. The molecular weight excluding hydrogens is 272 g/mol. The number of nitrogens with one attached hydrogen (secondary N) is 2. The molecule has 0 unspecified atom stereocenters. The first-order valence-corrected chi connectivity index (χ1v) is 6.70. The number of benzene rings is 2. The van der Waals surface area contributed by atoms with Crippen LogP contribution in [0.2, 0.25) is 5.02 Å². The second kappa shape index (κ2) is 5.39. The first-order chi connectivity index (χ1) is 9.72. The fourth-order valence-corrected chi connectivity index (χ4v) is 2.32. The van der Waals surface area contributed by atoms with Gasteiger partial charge in [0.2, 0.25) is 5.91 Å². The van der Waals surface area contributed by atoms with Gasteiger partial charge in [-0.2, -0.15) is 0 Å². The van der Waals surface area contributed by atoms with E-state index in [0.717, 1.165) is 22.2 Å². The van der Waals surface area contributed by atoms with Gasteiger partial charge in [-0.25, -0.2) is 0 Å². The summed E-state index contributed by atoms with van der Waals surface area (Å²) in [6, 6.07) is 15.0. The molecule has 1 heterocycles. The molecule has 3 rings (SSSR count). The number of fused-ring (bicyclic) bond motifs is 1. The van der Waals surface area contributed by atoms with E-state index in [1.165, 1.54) is 0 Å². The lowest BCUT2D eigenvalue weighted by atomic mass is 10.1. The summed E-state index contributed by atoms with van der Waals surface area (Å²) in [5.41, 5.74) is 2.79. The second-order valence-corrected chi connectivity index (χ2v) is 5.03. The maximum absolute atomic E-state index is 12.1. The van der Waals surface area contributed by atoms with E-state index >= 15 is 0 Å². The Labute approximate surface area is 121 Å². The molecule has 3 aromatic rings. The number of amides is 1. The average Bonchev–Trinajstić information content (AvgIpc) is 2.85. The van der Waals surface area contributed by atoms with Crippen molar-refractivity contribution < 1.29 is 4.79 Å². The minimum Gasteiger partial charge on any atom is -0.361 e. The van der Waals surface area contributed by atoms with Crippen molar-refractivity contribution in [3.05, 3.63) is 65.3 Å². The van der Waals surface area contributed by atoms with Crippen LogP contribution in [0, 0.1) is 0 Å². The molecule has 0 saturated heterocycles. The molecule has 100 valence electrons. The predicted molar refractivity (Wildman–Crippen MR) is 82.1 cm³/mol. The molecule has 0 radical (unpaired) electrons. The molecule has 0 aliphatic carbocycles. The molecule has 0 bridgehead atoms. The third-order valence-corrected chi connectivity index (χ3v) is 3.41. The summed E-state index contributed by atoms with van der Waals surface area (Å²) in [5.74, 6) is -0.0444. The van der Waals surface area contributed by atoms with Crippen LogP contribution in [-0.2, 0) is 11.2 Å². The van der Waals surface area contributed by atoms with E-state index in [2.05, 4.69) is 10.3 Å². The van der Waals surface area contributed by atoms with Gasteiger partial charge in [-0.3, -0.25) is 4.79 Å². The van der Waals surface area contributed by atoms with Gasteiger partial charge in [-0.05, 0) is 35.9 Å². The lowest BCUT2D eigenvalue weighted by molar-refractivity contribution is -0.115. The van der Waals surface area contributed by atoms with Crippen LogP contribution in [0.25, 0.3) is 10.9 Å². The van der Waals surface area contributed by atoms with E-state index in [4.69, 9.17) is 11.6 Å². The molecule has 0 atom stereocenters. The van der Waals surface area contributed by atoms with E-state index in [1.807, 2.05) is 30.5 Å². The summed E-state index contributed by atoms with van der Waals surface area (Å²) in [6.45, 7) is 0. The van der Waals surface area contributed by atoms with Crippen LogP contribution >= 0.6 is 11.6 Å². The number of halogens is 1. The summed E-state index contributed by atoms with van der Waals surface area (Å²) < 4.78 is 0.